The molecule has 0 aliphatic carbocycles. The van der Waals surface area contributed by atoms with Gasteiger partial charge in [0.15, 0.2) is 25.2 Å². The van der Waals surface area contributed by atoms with E-state index in [-0.39, 0.29) is 6.29 Å². The molecule has 0 bridgehead atoms. The van der Waals surface area contributed by atoms with Gasteiger partial charge in [-0.3, -0.25) is 24.0 Å². The van der Waals surface area contributed by atoms with Crippen LogP contribution in [-0.4, -0.2) is 277 Å². The van der Waals surface area contributed by atoms with Crippen molar-refractivity contribution < 1.29 is 128 Å². The summed E-state index contributed by atoms with van der Waals surface area (Å²) in [5.74, 6) is -3.97. The Morgan fingerprint density at radius 1 is 0.493 bits per heavy atom. The smallest absolute Gasteiger partial charge is 0.217 e. The Kier molecular flexibility index (Phi) is 22.7. The van der Waals surface area contributed by atoms with Crippen molar-refractivity contribution in [3.05, 3.63) is 0 Å². The Hall–Kier alpha value is -3.78. The van der Waals surface area contributed by atoms with Crippen molar-refractivity contribution in [2.24, 2.45) is 0 Å². The summed E-state index contributed by atoms with van der Waals surface area (Å²) in [4.78, 5) is 73.2. The van der Waals surface area contributed by atoms with Gasteiger partial charge in [0.2, 0.25) is 29.5 Å². The Bertz CT molecular complexity index is 1780. The van der Waals surface area contributed by atoms with Crippen LogP contribution >= 0.6 is 0 Å². The first-order chi connectivity index (χ1) is 33.5. The Morgan fingerprint density at radius 3 is 1.13 bits per heavy atom. The number of aliphatic hydroxyl groups excluding tert-OH is 12. The molecule has 0 aromatic carbocycles. The summed E-state index contributed by atoms with van der Waals surface area (Å²) in [7, 11) is 0. The zero-order chi connectivity index (χ0) is 53.2. The summed E-state index contributed by atoms with van der Waals surface area (Å²) in [6.45, 7) is 0.186. The minimum atomic E-state index is -2.09. The summed E-state index contributed by atoms with van der Waals surface area (Å²) in [5, 5.41) is 141. The molecular formula is C40H67N5O26. The molecule has 5 amide bonds. The second kappa shape index (κ2) is 27.0. The largest absolute Gasteiger partial charge is 0.394 e. The number of carbonyl (C=O) groups excluding carboxylic acids is 6. The number of amides is 5. The molecule has 0 radical (unpaired) electrons. The van der Waals surface area contributed by atoms with Gasteiger partial charge in [0, 0.05) is 34.6 Å². The zero-order valence-corrected chi connectivity index (χ0v) is 39.1. The highest BCUT2D eigenvalue weighted by atomic mass is 16.8. The van der Waals surface area contributed by atoms with Crippen molar-refractivity contribution in [3.63, 3.8) is 0 Å². The van der Waals surface area contributed by atoms with E-state index in [1.807, 2.05) is 0 Å². The fourth-order valence-electron chi connectivity index (χ4n) is 8.57. The predicted molar refractivity (Wildman–Crippen MR) is 226 cm³/mol. The van der Waals surface area contributed by atoms with E-state index in [4.69, 9.17) is 37.9 Å². The molecule has 17 N–H and O–H groups in total. The first kappa shape index (κ1) is 59.8. The number of aliphatic hydroxyl groups is 12. The van der Waals surface area contributed by atoms with Gasteiger partial charge in [-0.15, -0.1) is 0 Å². The number of carbonyl (C=O) groups is 6. The van der Waals surface area contributed by atoms with E-state index in [9.17, 15) is 90.0 Å². The molecule has 4 aliphatic rings. The monoisotopic (exact) mass is 1030 g/mol. The second-order valence-corrected chi connectivity index (χ2v) is 17.3. The number of nitrogens with one attached hydrogen (secondary N) is 5. The van der Waals surface area contributed by atoms with E-state index in [2.05, 4.69) is 26.6 Å². The minimum absolute atomic E-state index is 0.105. The van der Waals surface area contributed by atoms with E-state index >= 15 is 0 Å². The molecule has 408 valence electrons. The minimum Gasteiger partial charge on any atom is -0.394 e. The Balaban J connectivity index is 1.63. The average molecular weight is 1030 g/mol. The number of aldehydes is 1. The quantitative estimate of drug-likeness (QED) is 0.0448. The van der Waals surface area contributed by atoms with Crippen LogP contribution in [0.1, 0.15) is 34.6 Å². The highest BCUT2D eigenvalue weighted by molar-refractivity contribution is 5.77. The van der Waals surface area contributed by atoms with Crippen molar-refractivity contribution in [3.8, 4) is 0 Å². The summed E-state index contributed by atoms with van der Waals surface area (Å²) in [6, 6.07) is -8.45. The first-order valence-electron chi connectivity index (χ1n) is 22.3. The number of rotatable bonds is 22. The number of hydrogen-bond acceptors (Lipinski definition) is 26. The van der Waals surface area contributed by atoms with Crippen LogP contribution in [0, 0.1) is 0 Å². The lowest BCUT2D eigenvalue weighted by Crippen LogP contribution is -2.72. The predicted octanol–water partition coefficient (Wildman–Crippen LogP) is -11.4. The first-order valence-corrected chi connectivity index (χ1v) is 22.3. The van der Waals surface area contributed by atoms with E-state index in [0.29, 0.717) is 0 Å². The summed E-state index contributed by atoms with van der Waals surface area (Å²) >= 11 is 0. The van der Waals surface area contributed by atoms with Crippen LogP contribution in [0.2, 0.25) is 0 Å². The molecule has 4 heterocycles. The zero-order valence-electron chi connectivity index (χ0n) is 39.1. The molecule has 4 saturated heterocycles. The van der Waals surface area contributed by atoms with Crippen molar-refractivity contribution in [1.82, 2.24) is 26.6 Å². The van der Waals surface area contributed by atoms with Gasteiger partial charge in [0.1, 0.15) is 128 Å². The Morgan fingerprint density at radius 2 is 0.817 bits per heavy atom. The highest BCUT2D eigenvalue weighted by Crippen LogP contribution is 2.35. The topological polar surface area (TPSA) is 479 Å². The Labute approximate surface area is 404 Å². The van der Waals surface area contributed by atoms with Crippen LogP contribution in [0.25, 0.3) is 0 Å². The molecule has 0 aromatic heterocycles. The van der Waals surface area contributed by atoms with Gasteiger partial charge in [-0.1, -0.05) is 0 Å². The normalized spacial score (nSPS) is 39.2. The third-order valence-electron chi connectivity index (χ3n) is 11.9. The van der Waals surface area contributed by atoms with Crippen molar-refractivity contribution >= 4 is 35.8 Å². The third kappa shape index (κ3) is 14.7. The van der Waals surface area contributed by atoms with Crippen LogP contribution in [0.3, 0.4) is 0 Å². The molecule has 71 heavy (non-hydrogen) atoms. The van der Waals surface area contributed by atoms with E-state index in [0.717, 1.165) is 34.6 Å². The average Bonchev–Trinajstić information content (AvgIpc) is 3.31. The molecule has 0 spiro atoms. The molecule has 0 aromatic rings. The standard InChI is InChI=1S/C40H67N5O26/c1-12(52)41-17(6-46)27(58)33(18(57)7-47)68-38-24(43-14(3)54)30(61)35(20(9-49)65-38)70-40-26(45-16(5)56)32(63)36(22(11-51)67-40)71-39-25(44-15(4)55)31(62)34(21(10-50)66-39)69-37-23(42-13(2)53)29(60)28(59)19(8-48)64-37/h6,17-40,47-51,57-63H,7-11H2,1-5H3,(H,41,52)(H,42,53)(H,43,54)(H,44,55)(H,45,56). The van der Waals surface area contributed by atoms with Crippen molar-refractivity contribution in [1.29, 1.82) is 0 Å². The van der Waals surface area contributed by atoms with Crippen LogP contribution < -0.4 is 26.6 Å². The lowest BCUT2D eigenvalue weighted by atomic mass is 9.93. The number of ether oxygens (including phenoxy) is 8. The van der Waals surface area contributed by atoms with Gasteiger partial charge in [-0.25, -0.2) is 0 Å². The van der Waals surface area contributed by atoms with Gasteiger partial charge in [0.25, 0.3) is 0 Å². The van der Waals surface area contributed by atoms with Crippen LogP contribution in [0.5, 0.6) is 0 Å². The van der Waals surface area contributed by atoms with Gasteiger partial charge in [-0.05, 0) is 0 Å². The number of hydrogen-bond donors (Lipinski definition) is 17. The van der Waals surface area contributed by atoms with Crippen LogP contribution in [-0.2, 0) is 66.7 Å². The van der Waals surface area contributed by atoms with E-state index < -0.39 is 209 Å². The summed E-state index contributed by atoms with van der Waals surface area (Å²) in [5.41, 5.74) is 0. The maximum atomic E-state index is 12.6. The molecule has 0 saturated carbocycles. The molecule has 4 fully saturated rings. The van der Waals surface area contributed by atoms with Crippen molar-refractivity contribution in [2.75, 3.05) is 33.0 Å². The highest BCUT2D eigenvalue weighted by Gasteiger charge is 2.57. The molecule has 24 atom stereocenters. The summed E-state index contributed by atoms with van der Waals surface area (Å²) < 4.78 is 47.2. The molecule has 31 heteroatoms. The molecule has 4 rings (SSSR count). The molecule has 4 aliphatic heterocycles. The van der Waals surface area contributed by atoms with Gasteiger partial charge < -0.3 is 131 Å². The molecule has 31 nitrogen and oxygen atoms in total. The van der Waals surface area contributed by atoms with Crippen LogP contribution in [0.15, 0.2) is 0 Å². The van der Waals surface area contributed by atoms with E-state index in [1.54, 1.807) is 0 Å². The lowest BCUT2D eigenvalue weighted by Gasteiger charge is -2.51. The fourth-order valence-corrected chi connectivity index (χ4v) is 8.57. The van der Waals surface area contributed by atoms with Crippen molar-refractivity contribution in [2.45, 2.75) is 182 Å². The SMILES string of the molecule is CC(=O)NC(C=O)C(O)C(OC1OC(CO)C(OC2OC(CO)C(OC3OC(CO)C(OC4OC(CO)C(O)C(O)C4NC(C)=O)C(O)C3NC(C)=O)C(O)C2NC(C)=O)C(O)C1NC(C)=O)C(O)CO. The van der Waals surface area contributed by atoms with Gasteiger partial charge in [0.05, 0.1) is 33.0 Å². The lowest BCUT2D eigenvalue weighted by molar-refractivity contribution is -0.364. The second-order valence-electron chi connectivity index (χ2n) is 17.3. The fraction of sp³-hybridized carbons (Fsp3) is 0.850. The van der Waals surface area contributed by atoms with Gasteiger partial charge in [-0.2, -0.15) is 0 Å². The van der Waals surface area contributed by atoms with Gasteiger partial charge >= 0.3 is 0 Å². The maximum Gasteiger partial charge on any atom is 0.217 e. The van der Waals surface area contributed by atoms with Crippen LogP contribution in [0.4, 0.5) is 0 Å². The van der Waals surface area contributed by atoms with E-state index in [1.165, 1.54) is 0 Å². The third-order valence-corrected chi connectivity index (χ3v) is 11.9. The molecular weight excluding hydrogens is 966 g/mol. The maximum absolute atomic E-state index is 12.6. The summed E-state index contributed by atoms with van der Waals surface area (Å²) in [6.07, 6.45) is -34.8. The molecule has 24 unspecified atom stereocenters.